The highest BCUT2D eigenvalue weighted by atomic mass is 32.1. The van der Waals surface area contributed by atoms with Crippen molar-refractivity contribution in [2.45, 2.75) is 0 Å². The minimum absolute atomic E-state index is 0.0673. The predicted molar refractivity (Wildman–Crippen MR) is 40.5 cm³/mol. The average Bonchev–Trinajstić information content (AvgIpc) is 2.31. The molecule has 0 aliphatic carbocycles. The molecule has 0 spiro atoms. The number of aromatic nitrogens is 1. The summed E-state index contributed by atoms with van der Waals surface area (Å²) in [6.45, 7) is 0.532. The molecule has 0 radical (unpaired) electrons. The number of rotatable bonds is 3. The fourth-order valence-electron chi connectivity index (χ4n) is 0.558. The first-order valence-corrected chi connectivity index (χ1v) is 3.73. The lowest BCUT2D eigenvalue weighted by Crippen LogP contribution is -2.06. The summed E-state index contributed by atoms with van der Waals surface area (Å²) in [6, 6.07) is 0. The molecular weight excluding hydrogens is 152 g/mol. The van der Waals surface area contributed by atoms with Gasteiger partial charge in [0.25, 0.3) is 0 Å². The monoisotopic (exact) mass is 160 g/mol. The van der Waals surface area contributed by atoms with Crippen molar-refractivity contribution in [1.82, 2.24) is 4.98 Å². The zero-order valence-corrected chi connectivity index (χ0v) is 6.07. The Labute approximate surface area is 61.5 Å². The summed E-state index contributed by atoms with van der Waals surface area (Å²) in [7, 11) is 0. The molecule has 0 saturated heterocycles. The third kappa shape index (κ3) is 1.85. The highest BCUT2D eigenvalue weighted by Crippen LogP contribution is 1.99. The average molecular weight is 160 g/mol. The van der Waals surface area contributed by atoms with Gasteiger partial charge < -0.3 is 10.4 Å². The zero-order chi connectivity index (χ0) is 7.40. The van der Waals surface area contributed by atoms with Crippen LogP contribution in [0.15, 0.2) is 10.2 Å². The van der Waals surface area contributed by atoms with Crippen LogP contribution in [0.1, 0.15) is 0 Å². The van der Waals surface area contributed by atoms with E-state index in [4.69, 9.17) is 5.11 Å². The lowest BCUT2D eigenvalue weighted by Gasteiger charge is -1.96. The van der Waals surface area contributed by atoms with Crippen LogP contribution in [-0.4, -0.2) is 23.2 Å². The summed E-state index contributed by atoms with van der Waals surface area (Å²) < 4.78 is 0. The van der Waals surface area contributed by atoms with E-state index in [1.54, 1.807) is 5.38 Å². The van der Waals surface area contributed by atoms with Crippen molar-refractivity contribution in [3.8, 4) is 0 Å². The second-order valence-corrected chi connectivity index (χ2v) is 2.55. The number of aliphatic hydroxyl groups is 1. The summed E-state index contributed by atoms with van der Waals surface area (Å²) in [4.78, 5) is 13.0. The van der Waals surface area contributed by atoms with Crippen LogP contribution in [0.25, 0.3) is 0 Å². The van der Waals surface area contributed by atoms with Gasteiger partial charge in [0.2, 0.25) is 0 Å². The second-order valence-electron chi connectivity index (χ2n) is 1.71. The predicted octanol–water partition coefficient (Wildman–Crippen LogP) is -0.159. The first kappa shape index (κ1) is 7.30. The molecule has 0 unspecified atom stereocenters. The fraction of sp³-hybridized carbons (Fsp3) is 0.400. The topological polar surface area (TPSA) is 65.1 Å². The number of H-pyrrole nitrogens is 1. The number of hydrogen-bond acceptors (Lipinski definition) is 4. The minimum Gasteiger partial charge on any atom is -0.395 e. The van der Waals surface area contributed by atoms with E-state index in [0.29, 0.717) is 12.4 Å². The maximum atomic E-state index is 10.5. The summed E-state index contributed by atoms with van der Waals surface area (Å²) in [6.07, 6.45) is 0. The first-order valence-electron chi connectivity index (χ1n) is 2.85. The van der Waals surface area contributed by atoms with Gasteiger partial charge in [0.15, 0.2) is 0 Å². The van der Waals surface area contributed by atoms with Crippen molar-refractivity contribution in [3.05, 3.63) is 15.0 Å². The molecule has 1 aromatic heterocycles. The van der Waals surface area contributed by atoms with Crippen LogP contribution in [0.3, 0.4) is 0 Å². The molecule has 0 atom stereocenters. The van der Waals surface area contributed by atoms with Gasteiger partial charge in [-0.3, -0.25) is 9.78 Å². The Morgan fingerprint density at radius 1 is 1.80 bits per heavy atom. The molecule has 0 amide bonds. The quantitative estimate of drug-likeness (QED) is 0.575. The molecule has 0 bridgehead atoms. The van der Waals surface area contributed by atoms with E-state index < -0.39 is 0 Å². The van der Waals surface area contributed by atoms with Crippen molar-refractivity contribution in [1.29, 1.82) is 0 Å². The van der Waals surface area contributed by atoms with Gasteiger partial charge in [-0.1, -0.05) is 11.3 Å². The molecule has 4 nitrogen and oxygen atoms in total. The van der Waals surface area contributed by atoms with Gasteiger partial charge in [-0.2, -0.15) is 0 Å². The Kier molecular flexibility index (Phi) is 2.47. The molecule has 1 heterocycles. The van der Waals surface area contributed by atoms with E-state index >= 15 is 0 Å². The van der Waals surface area contributed by atoms with E-state index in [1.807, 2.05) is 0 Å². The molecule has 56 valence electrons. The van der Waals surface area contributed by atoms with Crippen molar-refractivity contribution in [2.75, 3.05) is 18.5 Å². The van der Waals surface area contributed by atoms with Crippen LogP contribution in [0.5, 0.6) is 0 Å². The number of thiazole rings is 1. The molecule has 0 fully saturated rings. The third-order valence-electron chi connectivity index (χ3n) is 0.948. The van der Waals surface area contributed by atoms with Crippen LogP contribution >= 0.6 is 11.3 Å². The SMILES string of the molecule is O=c1[nH]c(NCCO)cs1. The third-order valence-corrected chi connectivity index (χ3v) is 1.62. The van der Waals surface area contributed by atoms with E-state index in [2.05, 4.69) is 10.3 Å². The zero-order valence-electron chi connectivity index (χ0n) is 5.26. The van der Waals surface area contributed by atoms with Gasteiger partial charge >= 0.3 is 4.87 Å². The molecule has 5 heteroatoms. The summed E-state index contributed by atoms with van der Waals surface area (Å²) in [5.74, 6) is 0.670. The number of nitrogens with one attached hydrogen (secondary N) is 2. The lowest BCUT2D eigenvalue weighted by atomic mass is 10.6. The van der Waals surface area contributed by atoms with Crippen LogP contribution in [-0.2, 0) is 0 Å². The van der Waals surface area contributed by atoms with Gasteiger partial charge in [0.1, 0.15) is 5.82 Å². The van der Waals surface area contributed by atoms with Crippen molar-refractivity contribution in [3.63, 3.8) is 0 Å². The standard InChI is InChI=1S/C5H8N2O2S/c8-2-1-6-4-3-10-5(9)7-4/h3,6,8H,1-2H2,(H,7,9). The molecule has 0 aliphatic heterocycles. The largest absolute Gasteiger partial charge is 0.395 e. The molecule has 0 aliphatic rings. The van der Waals surface area contributed by atoms with Gasteiger partial charge in [0.05, 0.1) is 6.61 Å². The van der Waals surface area contributed by atoms with Gasteiger partial charge in [-0.25, -0.2) is 0 Å². The number of aliphatic hydroxyl groups excluding tert-OH is 1. The Morgan fingerprint density at radius 2 is 2.60 bits per heavy atom. The molecule has 0 aromatic carbocycles. The van der Waals surface area contributed by atoms with Crippen LogP contribution in [0.4, 0.5) is 5.82 Å². The number of aromatic amines is 1. The highest BCUT2D eigenvalue weighted by Gasteiger charge is 1.91. The van der Waals surface area contributed by atoms with Gasteiger partial charge in [-0.05, 0) is 0 Å². The highest BCUT2D eigenvalue weighted by molar-refractivity contribution is 7.07. The molecule has 1 rings (SSSR count). The van der Waals surface area contributed by atoms with E-state index in [9.17, 15) is 4.79 Å². The second kappa shape index (κ2) is 3.38. The summed E-state index contributed by atoms with van der Waals surface area (Å²) in [5, 5.41) is 12.9. The lowest BCUT2D eigenvalue weighted by molar-refractivity contribution is 0.311. The van der Waals surface area contributed by atoms with Crippen LogP contribution < -0.4 is 10.2 Å². The Hall–Kier alpha value is -0.810. The Balaban J connectivity index is 2.50. The molecule has 1 aromatic rings. The van der Waals surface area contributed by atoms with Crippen LogP contribution in [0, 0.1) is 0 Å². The smallest absolute Gasteiger partial charge is 0.306 e. The maximum Gasteiger partial charge on any atom is 0.306 e. The number of anilines is 1. The number of hydrogen-bond donors (Lipinski definition) is 3. The normalized spacial score (nSPS) is 9.70. The van der Waals surface area contributed by atoms with E-state index in [1.165, 1.54) is 0 Å². The molecule has 10 heavy (non-hydrogen) atoms. The molecule has 3 N–H and O–H groups in total. The fourth-order valence-corrected chi connectivity index (χ4v) is 1.09. The van der Waals surface area contributed by atoms with Gasteiger partial charge in [-0.15, -0.1) is 0 Å². The first-order chi connectivity index (χ1) is 4.83. The van der Waals surface area contributed by atoms with Crippen molar-refractivity contribution < 1.29 is 5.11 Å². The maximum absolute atomic E-state index is 10.5. The summed E-state index contributed by atoms with van der Waals surface area (Å²) >= 11 is 1.10. The summed E-state index contributed by atoms with van der Waals surface area (Å²) in [5.41, 5.74) is 0. The van der Waals surface area contributed by atoms with Gasteiger partial charge in [0, 0.05) is 11.9 Å². The Morgan fingerprint density at radius 3 is 3.10 bits per heavy atom. The molecular formula is C5H8N2O2S. The van der Waals surface area contributed by atoms with Crippen LogP contribution in [0.2, 0.25) is 0 Å². The van der Waals surface area contributed by atoms with Crippen molar-refractivity contribution in [2.24, 2.45) is 0 Å². The minimum atomic E-state index is -0.0829. The van der Waals surface area contributed by atoms with E-state index in [-0.39, 0.29) is 11.5 Å². The Bertz CT molecular complexity index is 242. The molecule has 0 saturated carbocycles. The van der Waals surface area contributed by atoms with Crippen molar-refractivity contribution >= 4 is 17.2 Å². The van der Waals surface area contributed by atoms with E-state index in [0.717, 1.165) is 11.3 Å².